The summed E-state index contributed by atoms with van der Waals surface area (Å²) in [6, 6.07) is 0. The zero-order valence-electron chi connectivity index (χ0n) is 6.31. The van der Waals surface area contributed by atoms with Crippen LogP contribution >= 0.6 is 0 Å². The first-order chi connectivity index (χ1) is 4.43. The largest absolute Gasteiger partial charge is 1.00 e. The van der Waals surface area contributed by atoms with Crippen molar-refractivity contribution in [3.05, 3.63) is 11.6 Å². The molecule has 1 aliphatic rings. The summed E-state index contributed by atoms with van der Waals surface area (Å²) in [4.78, 5) is 0. The van der Waals surface area contributed by atoms with E-state index in [1.165, 1.54) is 12.8 Å². The monoisotopic (exact) mass is 128 g/mol. The average Bonchev–Trinajstić information content (AvgIpc) is 1.91. The molecule has 0 amide bonds. The topological polar surface area (TPSA) is 23.1 Å². The van der Waals surface area contributed by atoms with Gasteiger partial charge in [0.15, 0.2) is 0 Å². The van der Waals surface area contributed by atoms with Crippen molar-refractivity contribution in [2.24, 2.45) is 0 Å². The molecule has 0 spiro atoms. The molecule has 2 heteroatoms. The summed E-state index contributed by atoms with van der Waals surface area (Å²) in [6.07, 6.45) is 8.29. The molecule has 1 rings (SSSR count). The zero-order chi connectivity index (χ0) is 6.53. The molecule has 0 saturated carbocycles. The van der Waals surface area contributed by atoms with Gasteiger partial charge in [-0.15, -0.1) is 0 Å². The maximum atomic E-state index is 9.80. The molecule has 0 unspecified atom stereocenters. The van der Waals surface area contributed by atoms with E-state index in [2.05, 4.69) is 12.0 Å². The van der Waals surface area contributed by atoms with Crippen LogP contribution in [0.2, 0.25) is 0 Å². The first-order valence-corrected chi connectivity index (χ1v) is 3.25. The zero-order valence-corrected chi connectivity index (χ0v) is 6.31. The van der Waals surface area contributed by atoms with Gasteiger partial charge in [0.2, 0.25) is 0 Å². The summed E-state index contributed by atoms with van der Waals surface area (Å²) in [5.74, 6) is 2.54. The Bertz CT molecular complexity index is 173. The Morgan fingerprint density at radius 3 is 2.70 bits per heavy atom. The SMILES string of the molecule is [Li+].[O-]C#CC1=CCCCC1. The molecule has 1 nitrogen and oxygen atoms in total. The number of hydrogen-bond acceptors (Lipinski definition) is 1. The van der Waals surface area contributed by atoms with Crippen molar-refractivity contribution in [1.29, 1.82) is 0 Å². The van der Waals surface area contributed by atoms with Gasteiger partial charge in [0.1, 0.15) is 0 Å². The standard InChI is InChI=1S/C8H10O.Li/c9-7-6-8-4-2-1-3-5-8;/h4,9H,1-3,5H2;/q;+1/p-1. The van der Waals surface area contributed by atoms with E-state index in [-0.39, 0.29) is 18.9 Å². The minimum atomic E-state index is 0. The quantitative estimate of drug-likeness (QED) is 0.268. The fourth-order valence-corrected chi connectivity index (χ4v) is 1.02. The van der Waals surface area contributed by atoms with Gasteiger partial charge in [0, 0.05) is 0 Å². The van der Waals surface area contributed by atoms with Crippen LogP contribution in [0.15, 0.2) is 11.6 Å². The number of hydrogen-bond donors (Lipinski definition) is 0. The van der Waals surface area contributed by atoms with E-state index in [1.54, 1.807) is 6.11 Å². The van der Waals surface area contributed by atoms with Crippen LogP contribution in [0.3, 0.4) is 0 Å². The van der Waals surface area contributed by atoms with E-state index < -0.39 is 0 Å². The molecule has 0 N–H and O–H groups in total. The fourth-order valence-electron chi connectivity index (χ4n) is 1.02. The van der Waals surface area contributed by atoms with Crippen molar-refractivity contribution >= 4 is 0 Å². The second-order valence-corrected chi connectivity index (χ2v) is 2.20. The van der Waals surface area contributed by atoms with Gasteiger partial charge in [-0.2, -0.15) is 6.11 Å². The molecule has 0 fully saturated rings. The second-order valence-electron chi connectivity index (χ2n) is 2.20. The normalized spacial score (nSPS) is 15.8. The fraction of sp³-hybridized carbons (Fsp3) is 0.500. The number of allylic oxidation sites excluding steroid dienone is 2. The summed E-state index contributed by atoms with van der Waals surface area (Å²) < 4.78 is 0. The van der Waals surface area contributed by atoms with Gasteiger partial charge < -0.3 is 5.11 Å². The molecule has 0 atom stereocenters. The van der Waals surface area contributed by atoms with Crippen molar-refractivity contribution in [1.82, 2.24) is 0 Å². The van der Waals surface area contributed by atoms with Gasteiger partial charge in [-0.3, -0.25) is 0 Å². The third-order valence-electron chi connectivity index (χ3n) is 1.50. The van der Waals surface area contributed by atoms with E-state index in [1.807, 2.05) is 0 Å². The molecule has 0 radical (unpaired) electrons. The predicted molar refractivity (Wildman–Crippen MR) is 34.3 cm³/mol. The molecule has 0 heterocycles. The molecule has 0 bridgehead atoms. The first kappa shape index (κ1) is 9.70. The summed E-state index contributed by atoms with van der Waals surface area (Å²) in [7, 11) is 0. The first-order valence-electron chi connectivity index (χ1n) is 3.25. The minimum Gasteiger partial charge on any atom is -0.833 e. The Balaban J connectivity index is 0.000000810. The summed E-state index contributed by atoms with van der Waals surface area (Å²) >= 11 is 0. The molecular formula is C8H9LiO. The molecule has 48 valence electrons. The van der Waals surface area contributed by atoms with E-state index in [0.29, 0.717) is 0 Å². The molecule has 0 aromatic rings. The van der Waals surface area contributed by atoms with Crippen LogP contribution in [0.4, 0.5) is 0 Å². The van der Waals surface area contributed by atoms with Crippen molar-refractivity contribution in [2.75, 3.05) is 0 Å². The van der Waals surface area contributed by atoms with Gasteiger partial charge in [-0.05, 0) is 31.3 Å². The van der Waals surface area contributed by atoms with Gasteiger partial charge >= 0.3 is 18.9 Å². The predicted octanol–water partition coefficient (Wildman–Crippen LogP) is -2.19. The maximum Gasteiger partial charge on any atom is 1.00 e. The van der Waals surface area contributed by atoms with Gasteiger partial charge in [-0.1, -0.05) is 12.0 Å². The maximum absolute atomic E-state index is 9.80. The van der Waals surface area contributed by atoms with Crippen LogP contribution in [0, 0.1) is 12.0 Å². The second kappa shape index (κ2) is 5.48. The van der Waals surface area contributed by atoms with E-state index >= 15 is 0 Å². The van der Waals surface area contributed by atoms with E-state index in [0.717, 1.165) is 18.4 Å². The Labute approximate surface area is 73.7 Å². The van der Waals surface area contributed by atoms with Crippen LogP contribution in [-0.4, -0.2) is 0 Å². The van der Waals surface area contributed by atoms with Crippen LogP contribution in [0.25, 0.3) is 0 Å². The van der Waals surface area contributed by atoms with E-state index in [9.17, 15) is 5.11 Å². The summed E-state index contributed by atoms with van der Waals surface area (Å²) in [5, 5.41) is 9.80. The molecule has 1 aliphatic carbocycles. The van der Waals surface area contributed by atoms with Gasteiger partial charge in [-0.25, -0.2) is 0 Å². The smallest absolute Gasteiger partial charge is 0.833 e. The Hall–Kier alpha value is -0.303. The van der Waals surface area contributed by atoms with Crippen molar-refractivity contribution in [2.45, 2.75) is 25.7 Å². The molecule has 0 saturated heterocycles. The Morgan fingerprint density at radius 2 is 2.20 bits per heavy atom. The third-order valence-corrected chi connectivity index (χ3v) is 1.50. The Kier molecular flexibility index (Phi) is 5.31. The van der Waals surface area contributed by atoms with Crippen LogP contribution in [0.5, 0.6) is 0 Å². The minimum absolute atomic E-state index is 0. The molecule has 0 aliphatic heterocycles. The molecule has 0 aromatic carbocycles. The molecule has 10 heavy (non-hydrogen) atoms. The number of rotatable bonds is 0. The Morgan fingerprint density at radius 1 is 1.40 bits per heavy atom. The van der Waals surface area contributed by atoms with Crippen molar-refractivity contribution < 1.29 is 24.0 Å². The third kappa shape index (κ3) is 3.02. The average molecular weight is 128 g/mol. The van der Waals surface area contributed by atoms with Crippen molar-refractivity contribution in [3.63, 3.8) is 0 Å². The van der Waals surface area contributed by atoms with Crippen molar-refractivity contribution in [3.8, 4) is 12.0 Å². The molecular weight excluding hydrogens is 119 g/mol. The summed E-state index contributed by atoms with van der Waals surface area (Å²) in [6.45, 7) is 0. The van der Waals surface area contributed by atoms with Gasteiger partial charge in [0.25, 0.3) is 0 Å². The van der Waals surface area contributed by atoms with Gasteiger partial charge in [0.05, 0.1) is 0 Å². The van der Waals surface area contributed by atoms with Crippen LogP contribution in [0.1, 0.15) is 25.7 Å². The van der Waals surface area contributed by atoms with E-state index in [4.69, 9.17) is 0 Å². The van der Waals surface area contributed by atoms with Crippen LogP contribution in [-0.2, 0) is 0 Å². The van der Waals surface area contributed by atoms with Crippen LogP contribution < -0.4 is 24.0 Å². The summed E-state index contributed by atoms with van der Waals surface area (Å²) in [5.41, 5.74) is 1.04. The molecule has 0 aromatic heterocycles.